The zero-order valence-electron chi connectivity index (χ0n) is 14.8. The van der Waals surface area contributed by atoms with Crippen LogP contribution in [-0.2, 0) is 4.79 Å². The van der Waals surface area contributed by atoms with Crippen molar-refractivity contribution in [3.05, 3.63) is 87.0 Å². The Kier molecular flexibility index (Phi) is 4.67. The quantitative estimate of drug-likeness (QED) is 0.667. The summed E-state index contributed by atoms with van der Waals surface area (Å²) in [6, 6.07) is 10.2. The molecule has 132 valence electrons. The van der Waals surface area contributed by atoms with E-state index in [2.05, 4.69) is 10.3 Å². The van der Waals surface area contributed by atoms with Crippen molar-refractivity contribution in [3.63, 3.8) is 0 Å². The van der Waals surface area contributed by atoms with Gasteiger partial charge in [0.25, 0.3) is 5.69 Å². The summed E-state index contributed by atoms with van der Waals surface area (Å²) < 4.78 is 0. The average Bonchev–Trinajstić information content (AvgIpc) is 2.61. The summed E-state index contributed by atoms with van der Waals surface area (Å²) in [6.45, 7) is 5.31. The molecule has 0 bridgehead atoms. The Hall–Kier alpha value is -3.28. The van der Waals surface area contributed by atoms with Gasteiger partial charge in [0.15, 0.2) is 5.78 Å². The highest BCUT2D eigenvalue weighted by molar-refractivity contribution is 6.00. The zero-order valence-corrected chi connectivity index (χ0v) is 14.8. The molecule has 1 atom stereocenters. The Morgan fingerprint density at radius 1 is 1.19 bits per heavy atom. The van der Waals surface area contributed by atoms with E-state index >= 15 is 0 Å². The van der Waals surface area contributed by atoms with Crippen LogP contribution in [0.5, 0.6) is 0 Å². The lowest BCUT2D eigenvalue weighted by Gasteiger charge is -2.31. The number of hydrogen-bond donors (Lipinski definition) is 1. The van der Waals surface area contributed by atoms with E-state index in [1.165, 1.54) is 19.1 Å². The standard InChI is InChI=1S/C20H19N3O3/c1-12-18(14(3)24)20(15-6-4-8-17(10-15)23(25)26)19(13(2)22-12)16-7-5-9-21-11-16/h4-11,20,22H,1-3H3. The number of pyridine rings is 1. The Labute approximate surface area is 151 Å². The third-order valence-corrected chi connectivity index (χ3v) is 4.53. The van der Waals surface area contributed by atoms with Crippen LogP contribution in [0.3, 0.4) is 0 Å². The van der Waals surface area contributed by atoms with Gasteiger partial charge in [0.1, 0.15) is 0 Å². The average molecular weight is 349 g/mol. The summed E-state index contributed by atoms with van der Waals surface area (Å²) in [5, 5.41) is 14.5. The van der Waals surface area contributed by atoms with Crippen LogP contribution in [-0.4, -0.2) is 15.7 Å². The number of nitro groups is 1. The van der Waals surface area contributed by atoms with Crippen molar-refractivity contribution < 1.29 is 9.72 Å². The van der Waals surface area contributed by atoms with Crippen molar-refractivity contribution in [2.24, 2.45) is 0 Å². The first-order valence-corrected chi connectivity index (χ1v) is 8.24. The molecule has 1 aromatic heterocycles. The molecule has 0 saturated carbocycles. The number of dihydropyridines is 1. The van der Waals surface area contributed by atoms with Gasteiger partial charge in [-0.25, -0.2) is 0 Å². The molecule has 6 nitrogen and oxygen atoms in total. The van der Waals surface area contributed by atoms with E-state index in [1.54, 1.807) is 18.5 Å². The molecule has 1 aromatic carbocycles. The SMILES string of the molecule is CC(=O)C1=C(C)NC(C)=C(c2cccnc2)C1c1cccc([N+](=O)[O-])c1. The second-order valence-corrected chi connectivity index (χ2v) is 6.29. The maximum atomic E-state index is 12.4. The van der Waals surface area contributed by atoms with Crippen LogP contribution in [0.4, 0.5) is 5.69 Å². The number of rotatable bonds is 4. The molecule has 0 spiro atoms. The second-order valence-electron chi connectivity index (χ2n) is 6.29. The molecule has 1 aliphatic rings. The van der Waals surface area contributed by atoms with Crippen molar-refractivity contribution in [2.45, 2.75) is 26.7 Å². The van der Waals surface area contributed by atoms with E-state index in [9.17, 15) is 14.9 Å². The van der Waals surface area contributed by atoms with Crippen molar-refractivity contribution in [1.29, 1.82) is 0 Å². The first kappa shape index (κ1) is 17.5. The van der Waals surface area contributed by atoms with Gasteiger partial charge in [-0.15, -0.1) is 0 Å². The van der Waals surface area contributed by atoms with Gasteiger partial charge in [-0.1, -0.05) is 18.2 Å². The van der Waals surface area contributed by atoms with Crippen LogP contribution in [0.2, 0.25) is 0 Å². The maximum Gasteiger partial charge on any atom is 0.269 e. The number of hydrogen-bond acceptors (Lipinski definition) is 5. The van der Waals surface area contributed by atoms with Crippen molar-refractivity contribution in [3.8, 4) is 0 Å². The van der Waals surface area contributed by atoms with Crippen LogP contribution in [0.15, 0.2) is 65.8 Å². The third-order valence-electron chi connectivity index (χ3n) is 4.53. The molecule has 26 heavy (non-hydrogen) atoms. The summed E-state index contributed by atoms with van der Waals surface area (Å²) in [5.41, 5.74) is 4.76. The van der Waals surface area contributed by atoms with Crippen molar-refractivity contribution in [1.82, 2.24) is 10.3 Å². The molecule has 1 aliphatic heterocycles. The van der Waals surface area contributed by atoms with Crippen LogP contribution < -0.4 is 5.32 Å². The monoisotopic (exact) mass is 349 g/mol. The van der Waals surface area contributed by atoms with Gasteiger partial charge in [-0.3, -0.25) is 19.9 Å². The van der Waals surface area contributed by atoms with Crippen LogP contribution in [0, 0.1) is 10.1 Å². The fourth-order valence-electron chi connectivity index (χ4n) is 3.52. The fraction of sp³-hybridized carbons (Fsp3) is 0.200. The number of nitro benzene ring substituents is 1. The number of Topliss-reactive ketones (excluding diaryl/α,β-unsaturated/α-hetero) is 1. The smallest absolute Gasteiger partial charge is 0.269 e. The highest BCUT2D eigenvalue weighted by Crippen LogP contribution is 2.43. The number of non-ortho nitro benzene ring substituents is 1. The van der Waals surface area contributed by atoms with E-state index in [4.69, 9.17) is 0 Å². The number of carbonyl (C=O) groups excluding carboxylic acids is 1. The third kappa shape index (κ3) is 3.13. The number of allylic oxidation sites excluding steroid dienone is 4. The van der Waals surface area contributed by atoms with E-state index in [0.29, 0.717) is 11.1 Å². The summed E-state index contributed by atoms with van der Waals surface area (Å²) in [5.74, 6) is -0.460. The number of nitrogens with one attached hydrogen (secondary N) is 1. The van der Waals surface area contributed by atoms with Crippen molar-refractivity contribution in [2.75, 3.05) is 0 Å². The molecule has 1 unspecified atom stereocenters. The minimum atomic E-state index is -0.422. The Bertz CT molecular complexity index is 946. The largest absolute Gasteiger partial charge is 0.362 e. The van der Waals surface area contributed by atoms with Gasteiger partial charge in [0, 0.05) is 47.4 Å². The van der Waals surface area contributed by atoms with E-state index in [1.807, 2.05) is 32.0 Å². The van der Waals surface area contributed by atoms with E-state index < -0.39 is 10.8 Å². The molecule has 0 radical (unpaired) electrons. The van der Waals surface area contributed by atoms with Gasteiger partial charge in [-0.05, 0) is 43.5 Å². The fourth-order valence-corrected chi connectivity index (χ4v) is 3.52. The second kappa shape index (κ2) is 6.92. The van der Waals surface area contributed by atoms with Crippen molar-refractivity contribution >= 4 is 17.0 Å². The number of carbonyl (C=O) groups is 1. The lowest BCUT2D eigenvalue weighted by atomic mass is 9.77. The van der Waals surface area contributed by atoms with E-state index in [0.717, 1.165) is 22.5 Å². The minimum absolute atomic E-state index is 0.00442. The van der Waals surface area contributed by atoms with E-state index in [-0.39, 0.29) is 11.5 Å². The molecule has 6 heteroatoms. The molecular formula is C20H19N3O3. The van der Waals surface area contributed by atoms with Gasteiger partial charge < -0.3 is 5.32 Å². The highest BCUT2D eigenvalue weighted by atomic mass is 16.6. The summed E-state index contributed by atoms with van der Waals surface area (Å²) in [4.78, 5) is 27.4. The van der Waals surface area contributed by atoms with Crippen LogP contribution in [0.25, 0.3) is 5.57 Å². The first-order chi connectivity index (χ1) is 12.4. The lowest BCUT2D eigenvalue weighted by molar-refractivity contribution is -0.384. The normalized spacial score (nSPS) is 17.1. The van der Waals surface area contributed by atoms with Gasteiger partial charge in [0.05, 0.1) is 4.92 Å². The maximum absolute atomic E-state index is 12.4. The van der Waals surface area contributed by atoms with Crippen LogP contribution >= 0.6 is 0 Å². The Morgan fingerprint density at radius 2 is 1.96 bits per heavy atom. The molecule has 2 aromatic rings. The predicted octanol–water partition coefficient (Wildman–Crippen LogP) is 3.97. The van der Waals surface area contributed by atoms with Gasteiger partial charge in [-0.2, -0.15) is 0 Å². The molecule has 0 saturated heterocycles. The van der Waals surface area contributed by atoms with Gasteiger partial charge in [0.2, 0.25) is 0 Å². The number of benzene rings is 1. The Morgan fingerprint density at radius 3 is 2.58 bits per heavy atom. The summed E-state index contributed by atoms with van der Waals surface area (Å²) in [6.07, 6.45) is 3.42. The summed E-state index contributed by atoms with van der Waals surface area (Å²) in [7, 11) is 0. The van der Waals surface area contributed by atoms with Gasteiger partial charge >= 0.3 is 0 Å². The molecule has 0 amide bonds. The number of ketones is 1. The zero-order chi connectivity index (χ0) is 18.8. The topological polar surface area (TPSA) is 85.1 Å². The number of aromatic nitrogens is 1. The Balaban J connectivity index is 2.26. The first-order valence-electron chi connectivity index (χ1n) is 8.24. The summed E-state index contributed by atoms with van der Waals surface area (Å²) >= 11 is 0. The minimum Gasteiger partial charge on any atom is -0.362 e. The highest BCUT2D eigenvalue weighted by Gasteiger charge is 2.32. The number of nitrogens with zero attached hydrogens (tertiary/aromatic N) is 2. The molecule has 3 rings (SSSR count). The lowest BCUT2D eigenvalue weighted by Crippen LogP contribution is -2.26. The molecule has 2 heterocycles. The molecular weight excluding hydrogens is 330 g/mol. The predicted molar refractivity (Wildman–Crippen MR) is 99.2 cm³/mol. The molecule has 0 aliphatic carbocycles. The molecule has 0 fully saturated rings. The van der Waals surface area contributed by atoms with Crippen LogP contribution in [0.1, 0.15) is 37.8 Å². The molecule has 1 N–H and O–H groups in total.